The maximum Gasteiger partial charge on any atom is 0.155 e. The Bertz CT molecular complexity index is 1450. The molecule has 0 fully saturated rings. The van der Waals surface area contributed by atoms with Crippen LogP contribution in [0.1, 0.15) is 18.9 Å². The number of aryl methyl sites for hydroxylation is 1. The molecule has 0 spiro atoms. The molecule has 0 unspecified atom stereocenters. The predicted octanol–water partition coefficient (Wildman–Crippen LogP) is 5.23. The summed E-state index contributed by atoms with van der Waals surface area (Å²) in [6, 6.07) is 19.0. The largest absolute Gasteiger partial charge is 0.453 e. The molecule has 156 valence electrons. The first-order chi connectivity index (χ1) is 15.2. The zero-order valence-electron chi connectivity index (χ0n) is 17.9. The number of hydrogen-bond acceptors (Lipinski definition) is 5. The minimum atomic E-state index is 0.654. The fourth-order valence-electron chi connectivity index (χ4n) is 4.14. The summed E-state index contributed by atoms with van der Waals surface area (Å²) in [5, 5.41) is 9.11. The van der Waals surface area contributed by atoms with Crippen LogP contribution in [0.4, 0.5) is 5.69 Å². The number of nitrogens with zero attached hydrogens (tertiary/aromatic N) is 2. The van der Waals surface area contributed by atoms with E-state index in [0.29, 0.717) is 6.54 Å². The molecule has 5 rings (SSSR count). The van der Waals surface area contributed by atoms with Crippen LogP contribution in [0.3, 0.4) is 0 Å². The van der Waals surface area contributed by atoms with Gasteiger partial charge in [-0.2, -0.15) is 0 Å². The predicted molar refractivity (Wildman–Crippen MR) is 129 cm³/mol. The van der Waals surface area contributed by atoms with Crippen molar-refractivity contribution < 1.29 is 4.42 Å². The second-order valence-electron chi connectivity index (χ2n) is 7.88. The molecule has 0 saturated carbocycles. The van der Waals surface area contributed by atoms with Crippen molar-refractivity contribution in [2.75, 3.05) is 25.0 Å². The number of rotatable bonds is 5. The fourth-order valence-corrected chi connectivity index (χ4v) is 4.14. The maximum absolute atomic E-state index is 6.37. The van der Waals surface area contributed by atoms with Crippen LogP contribution in [-0.2, 0) is 0 Å². The van der Waals surface area contributed by atoms with Crippen LogP contribution in [0.15, 0.2) is 64.0 Å². The molecule has 0 saturated heterocycles. The lowest BCUT2D eigenvalue weighted by Gasteiger charge is -2.15. The highest BCUT2D eigenvalue weighted by Crippen LogP contribution is 2.36. The average molecular weight is 411 g/mol. The number of aromatic nitrogens is 1. The van der Waals surface area contributed by atoms with Crippen LogP contribution in [0, 0.1) is 6.92 Å². The van der Waals surface area contributed by atoms with Gasteiger partial charge in [0.25, 0.3) is 0 Å². The number of nitrogens with two attached hydrogens (primary N) is 1. The van der Waals surface area contributed by atoms with E-state index in [9.17, 15) is 0 Å². The van der Waals surface area contributed by atoms with Gasteiger partial charge in [0, 0.05) is 41.7 Å². The second-order valence-corrected chi connectivity index (χ2v) is 7.88. The lowest BCUT2D eigenvalue weighted by molar-refractivity contribution is 0.612. The Balaban J connectivity index is 1.84. The van der Waals surface area contributed by atoms with E-state index in [1.165, 1.54) is 10.8 Å². The third kappa shape index (κ3) is 3.51. The molecule has 5 nitrogen and oxygen atoms in total. The lowest BCUT2D eigenvalue weighted by Crippen LogP contribution is -2.09. The molecule has 5 heteroatoms. The highest BCUT2D eigenvalue weighted by molar-refractivity contribution is 6.14. The van der Waals surface area contributed by atoms with E-state index in [1.807, 2.05) is 13.0 Å². The first-order valence-electron chi connectivity index (χ1n) is 10.8. The van der Waals surface area contributed by atoms with Gasteiger partial charge in [-0.05, 0) is 61.3 Å². The van der Waals surface area contributed by atoms with Gasteiger partial charge < -0.3 is 15.5 Å². The van der Waals surface area contributed by atoms with Crippen LogP contribution in [0.5, 0.6) is 0 Å². The Morgan fingerprint density at radius 3 is 2.55 bits per heavy atom. The van der Waals surface area contributed by atoms with Crippen molar-refractivity contribution in [2.24, 2.45) is 10.7 Å². The third-order valence-electron chi connectivity index (χ3n) is 5.69. The van der Waals surface area contributed by atoms with E-state index in [0.717, 1.165) is 69.4 Å². The molecule has 2 aliphatic rings. The molecule has 0 amide bonds. The van der Waals surface area contributed by atoms with Gasteiger partial charge in [-0.3, -0.25) is 4.99 Å². The zero-order valence-corrected chi connectivity index (χ0v) is 17.9. The number of nitrogens with one attached hydrogen (secondary N) is 1. The highest BCUT2D eigenvalue weighted by atomic mass is 16.3. The first kappa shape index (κ1) is 19.5. The quantitative estimate of drug-likeness (QED) is 0.236. The molecule has 1 aliphatic heterocycles. The molecule has 1 heterocycles. The van der Waals surface area contributed by atoms with Gasteiger partial charge in [0.15, 0.2) is 11.3 Å². The average Bonchev–Trinajstić information content (AvgIpc) is 2.78. The van der Waals surface area contributed by atoms with Crippen molar-refractivity contribution in [1.29, 1.82) is 0 Å². The van der Waals surface area contributed by atoms with E-state index in [4.69, 9.17) is 15.1 Å². The van der Waals surface area contributed by atoms with Crippen LogP contribution in [0.25, 0.3) is 44.1 Å². The molecule has 0 atom stereocenters. The zero-order chi connectivity index (χ0) is 21.4. The minimum absolute atomic E-state index is 0.654. The number of fused-ring (bicyclic) bond motifs is 5. The summed E-state index contributed by atoms with van der Waals surface area (Å²) in [4.78, 5) is 9.61. The number of anilines is 1. The summed E-state index contributed by atoms with van der Waals surface area (Å²) in [6.07, 6.45) is 0.904. The van der Waals surface area contributed by atoms with Gasteiger partial charge in [0.2, 0.25) is 0 Å². The Morgan fingerprint density at radius 2 is 1.81 bits per heavy atom. The summed E-state index contributed by atoms with van der Waals surface area (Å²) >= 11 is 0. The van der Waals surface area contributed by atoms with E-state index < -0.39 is 0 Å². The van der Waals surface area contributed by atoms with Crippen LogP contribution < -0.4 is 16.4 Å². The standard InChI is InChI=1S/C26H26N4O/c1-3-28-21-14-24-23(11-16(21)2)30-26-20-13-18-8-5-4-7-17(18)12-19(20)22(15-25(26)31-24)29-10-6-9-27/h4-5,7-8,11-15,29H,3,6,9-10,27H2,1-2H3. The van der Waals surface area contributed by atoms with Crippen molar-refractivity contribution >= 4 is 38.3 Å². The summed E-state index contributed by atoms with van der Waals surface area (Å²) in [5.74, 6) is 0.748. The maximum atomic E-state index is 6.37. The monoisotopic (exact) mass is 410 g/mol. The Labute approximate surface area is 181 Å². The van der Waals surface area contributed by atoms with Gasteiger partial charge in [0.1, 0.15) is 11.2 Å². The Morgan fingerprint density at radius 1 is 1.03 bits per heavy atom. The summed E-state index contributed by atoms with van der Waals surface area (Å²) < 4.78 is 6.37. The SMILES string of the molecule is CCN=c1cc2oc3cc(NCCCN)c4cc5ccccc5cc4c3nc-2cc1C. The second kappa shape index (κ2) is 8.00. The molecular weight excluding hydrogens is 384 g/mol. The third-order valence-corrected chi connectivity index (χ3v) is 5.69. The summed E-state index contributed by atoms with van der Waals surface area (Å²) in [5.41, 5.74) is 10.3. The molecule has 1 aliphatic carbocycles. The van der Waals surface area contributed by atoms with E-state index >= 15 is 0 Å². The Kier molecular flexibility index (Phi) is 5.04. The molecule has 31 heavy (non-hydrogen) atoms. The number of hydrogen-bond donors (Lipinski definition) is 2. The van der Waals surface area contributed by atoms with Gasteiger partial charge >= 0.3 is 0 Å². The van der Waals surface area contributed by atoms with E-state index in [2.05, 4.69) is 65.8 Å². The topological polar surface area (TPSA) is 76.4 Å². The molecule has 0 aromatic heterocycles. The van der Waals surface area contributed by atoms with Crippen molar-refractivity contribution in [3.63, 3.8) is 0 Å². The smallest absolute Gasteiger partial charge is 0.155 e. The van der Waals surface area contributed by atoms with Gasteiger partial charge in [0.05, 0.1) is 5.36 Å². The summed E-state index contributed by atoms with van der Waals surface area (Å²) in [6.45, 7) is 6.30. The molecular formula is C26H26N4O. The fraction of sp³-hybridized carbons (Fsp3) is 0.231. The van der Waals surface area contributed by atoms with Crippen LogP contribution in [-0.4, -0.2) is 24.6 Å². The van der Waals surface area contributed by atoms with E-state index in [-0.39, 0.29) is 0 Å². The van der Waals surface area contributed by atoms with Crippen molar-refractivity contribution in [3.8, 4) is 11.5 Å². The van der Waals surface area contributed by atoms with Crippen LogP contribution >= 0.6 is 0 Å². The van der Waals surface area contributed by atoms with Crippen molar-refractivity contribution in [2.45, 2.75) is 20.3 Å². The molecule has 3 aromatic rings. The van der Waals surface area contributed by atoms with Gasteiger partial charge in [-0.1, -0.05) is 24.3 Å². The molecule has 3 N–H and O–H groups in total. The molecule has 0 radical (unpaired) electrons. The van der Waals surface area contributed by atoms with Crippen molar-refractivity contribution in [1.82, 2.24) is 4.98 Å². The Hall–Kier alpha value is -3.44. The minimum Gasteiger partial charge on any atom is -0.453 e. The van der Waals surface area contributed by atoms with Gasteiger partial charge in [-0.25, -0.2) is 4.98 Å². The van der Waals surface area contributed by atoms with Gasteiger partial charge in [-0.15, -0.1) is 0 Å². The molecule has 3 aromatic carbocycles. The van der Waals surface area contributed by atoms with Crippen molar-refractivity contribution in [3.05, 3.63) is 65.5 Å². The summed E-state index contributed by atoms with van der Waals surface area (Å²) in [7, 11) is 0. The van der Waals surface area contributed by atoms with E-state index in [1.54, 1.807) is 0 Å². The normalized spacial score (nSPS) is 12.4. The number of benzene rings is 4. The highest BCUT2D eigenvalue weighted by Gasteiger charge is 2.15. The molecule has 0 bridgehead atoms. The lowest BCUT2D eigenvalue weighted by atomic mass is 10.0. The van der Waals surface area contributed by atoms with Crippen LogP contribution in [0.2, 0.25) is 0 Å². The first-order valence-corrected chi connectivity index (χ1v) is 10.8.